The highest BCUT2D eigenvalue weighted by atomic mass is 35.5. The van der Waals surface area contributed by atoms with Crippen molar-refractivity contribution >= 4 is 33.0 Å². The molecule has 0 bridgehead atoms. The summed E-state index contributed by atoms with van der Waals surface area (Å²) in [5.74, 6) is 0.0775. The van der Waals surface area contributed by atoms with E-state index in [-0.39, 0.29) is 26.7 Å². The van der Waals surface area contributed by atoms with Gasteiger partial charge in [0.1, 0.15) is 4.90 Å². The molecule has 0 spiro atoms. The molecule has 6 heteroatoms. The molecular formula is C13H17Cl2NO2S. The van der Waals surface area contributed by atoms with E-state index in [0.717, 1.165) is 19.4 Å². The van der Waals surface area contributed by atoms with E-state index in [1.165, 1.54) is 6.42 Å². The summed E-state index contributed by atoms with van der Waals surface area (Å²) >= 11 is 11.9. The molecule has 0 aromatic heterocycles. The smallest absolute Gasteiger partial charge is 0.181 e. The van der Waals surface area contributed by atoms with Gasteiger partial charge >= 0.3 is 0 Å². The first-order valence-corrected chi connectivity index (χ1v) is 8.82. The lowest BCUT2D eigenvalue weighted by molar-refractivity contribution is 0.392. The molecule has 1 aliphatic heterocycles. The summed E-state index contributed by atoms with van der Waals surface area (Å²) in [6.45, 7) is 0.970. The maximum Gasteiger partial charge on any atom is 0.181 e. The molecule has 1 unspecified atom stereocenters. The van der Waals surface area contributed by atoms with Crippen LogP contribution in [-0.2, 0) is 9.84 Å². The molecular weight excluding hydrogens is 305 g/mol. The molecule has 1 N–H and O–H groups in total. The van der Waals surface area contributed by atoms with Gasteiger partial charge in [-0.15, -0.1) is 0 Å². The Hall–Kier alpha value is -0.290. The Bertz CT molecular complexity index is 519. The Balaban J connectivity index is 2.09. The van der Waals surface area contributed by atoms with E-state index in [0.29, 0.717) is 6.42 Å². The highest BCUT2D eigenvalue weighted by Crippen LogP contribution is 2.30. The number of sulfone groups is 1. The molecule has 1 fully saturated rings. The minimum Gasteiger partial charge on any atom is -0.314 e. The zero-order valence-corrected chi connectivity index (χ0v) is 12.9. The van der Waals surface area contributed by atoms with Gasteiger partial charge in [-0.05, 0) is 37.9 Å². The molecule has 1 saturated heterocycles. The number of benzene rings is 1. The molecule has 106 valence electrons. The number of halogens is 2. The first kappa shape index (κ1) is 15.1. The van der Waals surface area contributed by atoms with Crippen molar-refractivity contribution in [3.63, 3.8) is 0 Å². The van der Waals surface area contributed by atoms with Gasteiger partial charge < -0.3 is 5.32 Å². The summed E-state index contributed by atoms with van der Waals surface area (Å²) in [4.78, 5) is 0.0640. The molecule has 0 saturated carbocycles. The van der Waals surface area contributed by atoms with Crippen LogP contribution in [0.15, 0.2) is 23.1 Å². The van der Waals surface area contributed by atoms with Crippen LogP contribution >= 0.6 is 23.2 Å². The second-order valence-electron chi connectivity index (χ2n) is 4.81. The van der Waals surface area contributed by atoms with Crippen molar-refractivity contribution in [3.8, 4) is 0 Å². The number of rotatable bonds is 4. The van der Waals surface area contributed by atoms with Crippen molar-refractivity contribution in [2.75, 3.05) is 12.3 Å². The average molecular weight is 322 g/mol. The van der Waals surface area contributed by atoms with Crippen LogP contribution in [0, 0.1) is 0 Å². The molecule has 1 aromatic carbocycles. The Morgan fingerprint density at radius 2 is 1.89 bits per heavy atom. The van der Waals surface area contributed by atoms with Crippen molar-refractivity contribution < 1.29 is 8.42 Å². The molecule has 1 heterocycles. The Morgan fingerprint density at radius 1 is 1.21 bits per heavy atom. The van der Waals surface area contributed by atoms with Gasteiger partial charge in [0.05, 0.1) is 15.8 Å². The van der Waals surface area contributed by atoms with E-state index >= 15 is 0 Å². The highest BCUT2D eigenvalue weighted by Gasteiger charge is 2.23. The van der Waals surface area contributed by atoms with Crippen LogP contribution in [0.2, 0.25) is 10.0 Å². The Labute approximate surface area is 124 Å². The second-order valence-corrected chi connectivity index (χ2v) is 7.67. The molecule has 2 rings (SSSR count). The average Bonchev–Trinajstić information content (AvgIpc) is 2.37. The third-order valence-corrected chi connectivity index (χ3v) is 6.07. The van der Waals surface area contributed by atoms with Gasteiger partial charge in [0.15, 0.2) is 9.84 Å². The molecule has 1 atom stereocenters. The first-order chi connectivity index (χ1) is 9.00. The van der Waals surface area contributed by atoms with Crippen LogP contribution in [0.25, 0.3) is 0 Å². The summed E-state index contributed by atoms with van der Waals surface area (Å²) in [7, 11) is -3.42. The van der Waals surface area contributed by atoms with Crippen molar-refractivity contribution in [2.24, 2.45) is 0 Å². The predicted molar refractivity (Wildman–Crippen MR) is 78.8 cm³/mol. The summed E-state index contributed by atoms with van der Waals surface area (Å²) < 4.78 is 24.6. The summed E-state index contributed by atoms with van der Waals surface area (Å²) in [5.41, 5.74) is 0. The van der Waals surface area contributed by atoms with Crippen molar-refractivity contribution in [1.29, 1.82) is 0 Å². The number of nitrogens with one attached hydrogen (secondary N) is 1. The van der Waals surface area contributed by atoms with Crippen LogP contribution in [-0.4, -0.2) is 26.8 Å². The molecule has 0 radical (unpaired) electrons. The maximum absolute atomic E-state index is 12.3. The van der Waals surface area contributed by atoms with Crippen LogP contribution in [0.1, 0.15) is 25.7 Å². The lowest BCUT2D eigenvalue weighted by Crippen LogP contribution is -2.35. The van der Waals surface area contributed by atoms with Gasteiger partial charge in [0, 0.05) is 6.04 Å². The number of piperidine rings is 1. The SMILES string of the molecule is O=S(=O)(CCC1CCCCN1)c1c(Cl)cccc1Cl. The minimum atomic E-state index is -3.42. The molecule has 0 aliphatic carbocycles. The van der Waals surface area contributed by atoms with E-state index in [9.17, 15) is 8.42 Å². The van der Waals surface area contributed by atoms with Gasteiger partial charge in [-0.1, -0.05) is 35.7 Å². The molecule has 3 nitrogen and oxygen atoms in total. The van der Waals surface area contributed by atoms with Crippen LogP contribution in [0.5, 0.6) is 0 Å². The summed E-state index contributed by atoms with van der Waals surface area (Å²) in [5, 5.41) is 3.74. The Kier molecular flexibility index (Phi) is 5.12. The fourth-order valence-corrected chi connectivity index (χ4v) is 4.98. The monoisotopic (exact) mass is 321 g/mol. The van der Waals surface area contributed by atoms with E-state index in [1.54, 1.807) is 18.2 Å². The molecule has 1 aliphatic rings. The summed E-state index contributed by atoms with van der Waals surface area (Å²) in [6, 6.07) is 5.04. The van der Waals surface area contributed by atoms with E-state index < -0.39 is 9.84 Å². The fourth-order valence-electron chi connectivity index (χ4n) is 2.35. The van der Waals surface area contributed by atoms with Crippen molar-refractivity contribution in [3.05, 3.63) is 28.2 Å². The Morgan fingerprint density at radius 3 is 2.47 bits per heavy atom. The van der Waals surface area contributed by atoms with Gasteiger partial charge in [-0.3, -0.25) is 0 Å². The topological polar surface area (TPSA) is 46.2 Å². The zero-order valence-electron chi connectivity index (χ0n) is 10.5. The van der Waals surface area contributed by atoms with Crippen LogP contribution < -0.4 is 5.32 Å². The lowest BCUT2D eigenvalue weighted by Gasteiger charge is -2.23. The third kappa shape index (κ3) is 3.85. The number of hydrogen-bond acceptors (Lipinski definition) is 3. The quantitative estimate of drug-likeness (QED) is 0.925. The lowest BCUT2D eigenvalue weighted by atomic mass is 10.0. The van der Waals surface area contributed by atoms with Gasteiger partial charge in [-0.2, -0.15) is 0 Å². The van der Waals surface area contributed by atoms with Crippen LogP contribution in [0.3, 0.4) is 0 Å². The van der Waals surface area contributed by atoms with Gasteiger partial charge in [-0.25, -0.2) is 8.42 Å². The largest absolute Gasteiger partial charge is 0.314 e. The summed E-state index contributed by atoms with van der Waals surface area (Å²) in [6.07, 6.45) is 3.96. The third-order valence-electron chi connectivity index (χ3n) is 3.38. The van der Waals surface area contributed by atoms with Crippen LogP contribution in [0.4, 0.5) is 0 Å². The fraction of sp³-hybridized carbons (Fsp3) is 0.538. The van der Waals surface area contributed by atoms with Crippen molar-refractivity contribution in [2.45, 2.75) is 36.6 Å². The van der Waals surface area contributed by atoms with Gasteiger partial charge in [0.2, 0.25) is 0 Å². The standard InChI is InChI=1S/C13H17Cl2NO2S/c14-11-5-3-6-12(15)13(11)19(17,18)9-7-10-4-1-2-8-16-10/h3,5-6,10,16H,1-2,4,7-9H2. The minimum absolute atomic E-state index is 0.0640. The van der Waals surface area contributed by atoms with E-state index in [2.05, 4.69) is 5.32 Å². The molecule has 1 aromatic rings. The molecule has 19 heavy (non-hydrogen) atoms. The number of hydrogen-bond donors (Lipinski definition) is 1. The van der Waals surface area contributed by atoms with E-state index in [1.807, 2.05) is 0 Å². The highest BCUT2D eigenvalue weighted by molar-refractivity contribution is 7.91. The second kappa shape index (κ2) is 6.44. The van der Waals surface area contributed by atoms with Gasteiger partial charge in [0.25, 0.3) is 0 Å². The predicted octanol–water partition coefficient (Wildman–Crippen LogP) is 3.30. The molecule has 0 amide bonds. The van der Waals surface area contributed by atoms with Crippen molar-refractivity contribution in [1.82, 2.24) is 5.32 Å². The first-order valence-electron chi connectivity index (χ1n) is 6.41. The zero-order chi connectivity index (χ0) is 13.9. The maximum atomic E-state index is 12.3. The van der Waals surface area contributed by atoms with E-state index in [4.69, 9.17) is 23.2 Å². The normalized spacial score (nSPS) is 20.4.